The lowest BCUT2D eigenvalue weighted by Crippen LogP contribution is -2.03. The van der Waals surface area contributed by atoms with Gasteiger partial charge in [0.2, 0.25) is 0 Å². The van der Waals surface area contributed by atoms with E-state index in [1.54, 1.807) is 4.68 Å². The predicted molar refractivity (Wildman–Crippen MR) is 51.6 cm³/mol. The fourth-order valence-corrected chi connectivity index (χ4v) is 1.71. The maximum Gasteiger partial charge on any atom is 0.303 e. The molecule has 72 valence electrons. The molecule has 0 aliphatic carbocycles. The van der Waals surface area contributed by atoms with E-state index in [1.807, 2.05) is 14.0 Å². The second-order valence-corrected chi connectivity index (χ2v) is 3.66. The predicted octanol–water partition coefficient (Wildman–Crippen LogP) is 1.51. The number of carboxylic acids is 1. The zero-order valence-corrected chi connectivity index (χ0v) is 9.13. The molecule has 0 aromatic carbocycles. The van der Waals surface area contributed by atoms with Gasteiger partial charge in [-0.3, -0.25) is 9.48 Å². The lowest BCUT2D eigenvalue weighted by Gasteiger charge is -1.99. The Kier molecular flexibility index (Phi) is 3.08. The summed E-state index contributed by atoms with van der Waals surface area (Å²) in [5.41, 5.74) is 1.82. The molecule has 1 rings (SSSR count). The number of carbonyl (C=O) groups is 1. The maximum atomic E-state index is 10.4. The van der Waals surface area contributed by atoms with Gasteiger partial charge in [-0.25, -0.2) is 0 Å². The SMILES string of the molecule is Cc1nn(C)c(CCC(=O)O)c1Br. The molecule has 1 aromatic heterocycles. The van der Waals surface area contributed by atoms with Crippen LogP contribution in [0.2, 0.25) is 0 Å². The number of aromatic nitrogens is 2. The van der Waals surface area contributed by atoms with Gasteiger partial charge >= 0.3 is 5.97 Å². The van der Waals surface area contributed by atoms with Gasteiger partial charge < -0.3 is 5.11 Å². The van der Waals surface area contributed by atoms with Crippen LogP contribution >= 0.6 is 15.9 Å². The number of nitrogens with zero attached hydrogens (tertiary/aromatic N) is 2. The van der Waals surface area contributed by atoms with Crippen molar-refractivity contribution in [3.8, 4) is 0 Å². The lowest BCUT2D eigenvalue weighted by molar-refractivity contribution is -0.136. The van der Waals surface area contributed by atoms with E-state index in [4.69, 9.17) is 5.11 Å². The molecule has 0 bridgehead atoms. The summed E-state index contributed by atoms with van der Waals surface area (Å²) in [4.78, 5) is 10.4. The van der Waals surface area contributed by atoms with Gasteiger partial charge in [0.25, 0.3) is 0 Å². The average molecular weight is 247 g/mol. The third kappa shape index (κ3) is 2.30. The van der Waals surface area contributed by atoms with Crippen LogP contribution in [0.5, 0.6) is 0 Å². The molecule has 0 radical (unpaired) electrons. The number of hydrogen-bond donors (Lipinski definition) is 1. The van der Waals surface area contributed by atoms with Crippen LogP contribution in [0.1, 0.15) is 17.8 Å². The van der Waals surface area contributed by atoms with E-state index < -0.39 is 5.97 Å². The smallest absolute Gasteiger partial charge is 0.303 e. The number of carboxylic acid groups (broad SMARTS) is 1. The highest BCUT2D eigenvalue weighted by Crippen LogP contribution is 2.21. The molecule has 1 aromatic rings. The van der Waals surface area contributed by atoms with Crippen molar-refractivity contribution in [2.24, 2.45) is 7.05 Å². The normalized spacial score (nSPS) is 10.4. The van der Waals surface area contributed by atoms with Gasteiger partial charge in [-0.1, -0.05) is 0 Å². The third-order valence-corrected chi connectivity index (χ3v) is 2.87. The van der Waals surface area contributed by atoms with Crippen LogP contribution < -0.4 is 0 Å². The molecule has 0 amide bonds. The molecule has 0 atom stereocenters. The van der Waals surface area contributed by atoms with Gasteiger partial charge in [0.1, 0.15) is 0 Å². The summed E-state index contributed by atoms with van der Waals surface area (Å²) in [7, 11) is 1.81. The van der Waals surface area contributed by atoms with Gasteiger partial charge in [0.15, 0.2) is 0 Å². The second kappa shape index (κ2) is 3.91. The van der Waals surface area contributed by atoms with Crippen LogP contribution in [0, 0.1) is 6.92 Å². The monoisotopic (exact) mass is 246 g/mol. The van der Waals surface area contributed by atoms with Crippen molar-refractivity contribution >= 4 is 21.9 Å². The van der Waals surface area contributed by atoms with E-state index >= 15 is 0 Å². The molecule has 1 N–H and O–H groups in total. The largest absolute Gasteiger partial charge is 0.481 e. The number of hydrogen-bond acceptors (Lipinski definition) is 2. The minimum atomic E-state index is -0.786. The Hall–Kier alpha value is -0.840. The van der Waals surface area contributed by atoms with Crippen molar-refractivity contribution in [3.05, 3.63) is 15.9 Å². The van der Waals surface area contributed by atoms with E-state index in [0.717, 1.165) is 15.9 Å². The first-order valence-corrected chi connectivity index (χ1v) is 4.71. The number of aliphatic carboxylic acids is 1. The summed E-state index contributed by atoms with van der Waals surface area (Å²) in [6.07, 6.45) is 0.644. The van der Waals surface area contributed by atoms with Crippen molar-refractivity contribution in [3.63, 3.8) is 0 Å². The van der Waals surface area contributed by atoms with Crippen LogP contribution in [0.15, 0.2) is 4.47 Å². The first-order chi connectivity index (χ1) is 6.02. The summed E-state index contributed by atoms with van der Waals surface area (Å²) in [6.45, 7) is 1.88. The summed E-state index contributed by atoms with van der Waals surface area (Å²) in [5.74, 6) is -0.786. The summed E-state index contributed by atoms with van der Waals surface area (Å²) in [5, 5.41) is 12.7. The zero-order valence-electron chi connectivity index (χ0n) is 7.54. The zero-order chi connectivity index (χ0) is 10.0. The fraction of sp³-hybridized carbons (Fsp3) is 0.500. The number of rotatable bonds is 3. The molecule has 0 fully saturated rings. The standard InChI is InChI=1S/C8H11BrN2O2/c1-5-8(9)6(11(2)10-5)3-4-7(12)13/h3-4H2,1-2H3,(H,12,13). The molecule has 5 heteroatoms. The van der Waals surface area contributed by atoms with Crippen molar-refractivity contribution in [1.82, 2.24) is 9.78 Å². The quantitative estimate of drug-likeness (QED) is 0.880. The first kappa shape index (κ1) is 10.2. The molecule has 0 aliphatic rings. The van der Waals surface area contributed by atoms with Gasteiger partial charge in [0, 0.05) is 13.5 Å². The molecular formula is C8H11BrN2O2. The van der Waals surface area contributed by atoms with Crippen molar-refractivity contribution in [1.29, 1.82) is 0 Å². The molecule has 1 heterocycles. The molecule has 0 spiro atoms. The minimum Gasteiger partial charge on any atom is -0.481 e. The van der Waals surface area contributed by atoms with E-state index in [-0.39, 0.29) is 6.42 Å². The van der Waals surface area contributed by atoms with Gasteiger partial charge in [-0.05, 0) is 22.9 Å². The Balaban J connectivity index is 2.81. The lowest BCUT2D eigenvalue weighted by atomic mass is 10.2. The van der Waals surface area contributed by atoms with E-state index in [9.17, 15) is 4.79 Å². The number of aryl methyl sites for hydroxylation is 2. The highest BCUT2D eigenvalue weighted by molar-refractivity contribution is 9.10. The van der Waals surface area contributed by atoms with Crippen LogP contribution in [0.4, 0.5) is 0 Å². The molecule has 0 unspecified atom stereocenters. The summed E-state index contributed by atoms with van der Waals surface area (Å²) in [6, 6.07) is 0. The minimum absolute atomic E-state index is 0.136. The van der Waals surface area contributed by atoms with Gasteiger partial charge in [-0.2, -0.15) is 5.10 Å². The first-order valence-electron chi connectivity index (χ1n) is 3.92. The Morgan fingerprint density at radius 1 is 1.69 bits per heavy atom. The van der Waals surface area contributed by atoms with Crippen LogP contribution in [0.3, 0.4) is 0 Å². The van der Waals surface area contributed by atoms with Gasteiger partial charge in [-0.15, -0.1) is 0 Å². The summed E-state index contributed by atoms with van der Waals surface area (Å²) < 4.78 is 2.62. The third-order valence-electron chi connectivity index (χ3n) is 1.84. The highest BCUT2D eigenvalue weighted by Gasteiger charge is 2.11. The van der Waals surface area contributed by atoms with Gasteiger partial charge in [0.05, 0.1) is 22.3 Å². The average Bonchev–Trinajstić information content (AvgIpc) is 2.24. The van der Waals surface area contributed by atoms with Crippen LogP contribution in [-0.4, -0.2) is 20.9 Å². The molecule has 0 aliphatic heterocycles. The Morgan fingerprint density at radius 2 is 2.31 bits per heavy atom. The molecule has 13 heavy (non-hydrogen) atoms. The van der Waals surface area contributed by atoms with Crippen molar-refractivity contribution < 1.29 is 9.90 Å². The fourth-order valence-electron chi connectivity index (χ4n) is 1.18. The van der Waals surface area contributed by atoms with E-state index in [1.165, 1.54) is 0 Å². The molecular weight excluding hydrogens is 236 g/mol. The van der Waals surface area contributed by atoms with E-state index in [2.05, 4.69) is 21.0 Å². The molecule has 0 saturated carbocycles. The number of halogens is 1. The molecule has 4 nitrogen and oxygen atoms in total. The van der Waals surface area contributed by atoms with Crippen molar-refractivity contribution in [2.45, 2.75) is 19.8 Å². The topological polar surface area (TPSA) is 55.1 Å². The Morgan fingerprint density at radius 3 is 2.69 bits per heavy atom. The summed E-state index contributed by atoms with van der Waals surface area (Å²) >= 11 is 3.37. The van der Waals surface area contributed by atoms with Crippen molar-refractivity contribution in [2.75, 3.05) is 0 Å². The van der Waals surface area contributed by atoms with Crippen LogP contribution in [0.25, 0.3) is 0 Å². The Bertz CT molecular complexity index is 333. The second-order valence-electron chi connectivity index (χ2n) is 2.86. The van der Waals surface area contributed by atoms with E-state index in [0.29, 0.717) is 6.42 Å². The van der Waals surface area contributed by atoms with Crippen LogP contribution in [-0.2, 0) is 18.3 Å². The maximum absolute atomic E-state index is 10.4. The molecule has 0 saturated heterocycles. The highest BCUT2D eigenvalue weighted by atomic mass is 79.9. The Labute approximate surface area is 84.7 Å².